The summed E-state index contributed by atoms with van der Waals surface area (Å²) in [4.78, 5) is 16.2. The number of rotatable bonds is 6. The molecule has 0 bridgehead atoms. The third-order valence-corrected chi connectivity index (χ3v) is 5.71. The summed E-state index contributed by atoms with van der Waals surface area (Å²) in [5, 5.41) is 12.9. The Morgan fingerprint density at radius 3 is 2.68 bits per heavy atom. The average molecular weight is 345 g/mol. The summed E-state index contributed by atoms with van der Waals surface area (Å²) < 4.78 is 0. The lowest BCUT2D eigenvalue weighted by Gasteiger charge is -2.45. The Kier molecular flexibility index (Phi) is 5.97. The van der Waals surface area contributed by atoms with Crippen molar-refractivity contribution in [3.63, 3.8) is 0 Å². The normalized spacial score (nSPS) is 23.2. The fourth-order valence-electron chi connectivity index (χ4n) is 4.28. The molecule has 3 rings (SSSR count). The zero-order valence-corrected chi connectivity index (χ0v) is 15.4. The highest BCUT2D eigenvalue weighted by atomic mass is 16.3. The van der Waals surface area contributed by atoms with Crippen LogP contribution in [0.3, 0.4) is 0 Å². The van der Waals surface area contributed by atoms with Crippen LogP contribution in [0.2, 0.25) is 0 Å². The van der Waals surface area contributed by atoms with Gasteiger partial charge in [-0.05, 0) is 55.1 Å². The third-order valence-electron chi connectivity index (χ3n) is 5.71. The van der Waals surface area contributed by atoms with Gasteiger partial charge in [0.05, 0.1) is 6.17 Å². The number of fused-ring (bicyclic) bond motifs is 1. The van der Waals surface area contributed by atoms with Gasteiger partial charge in [0.15, 0.2) is 0 Å². The van der Waals surface area contributed by atoms with E-state index in [1.54, 1.807) is 6.07 Å². The van der Waals surface area contributed by atoms with Crippen LogP contribution in [0.1, 0.15) is 44.2 Å². The van der Waals surface area contributed by atoms with Gasteiger partial charge in [0.2, 0.25) is 6.41 Å². The zero-order valence-electron chi connectivity index (χ0n) is 15.4. The highest BCUT2D eigenvalue weighted by molar-refractivity contribution is 5.47. The first kappa shape index (κ1) is 18.2. The molecule has 25 heavy (non-hydrogen) atoms. The van der Waals surface area contributed by atoms with Crippen molar-refractivity contribution in [1.29, 1.82) is 0 Å². The zero-order chi connectivity index (χ0) is 17.8. The van der Waals surface area contributed by atoms with E-state index in [2.05, 4.69) is 29.0 Å². The molecule has 0 spiro atoms. The van der Waals surface area contributed by atoms with Gasteiger partial charge in [0, 0.05) is 25.6 Å². The summed E-state index contributed by atoms with van der Waals surface area (Å²) in [6.07, 6.45) is 5.55. The number of amides is 1. The van der Waals surface area contributed by atoms with Gasteiger partial charge in [-0.2, -0.15) is 0 Å². The highest BCUT2D eigenvalue weighted by Crippen LogP contribution is 2.29. The van der Waals surface area contributed by atoms with Gasteiger partial charge >= 0.3 is 0 Å². The predicted molar refractivity (Wildman–Crippen MR) is 99.3 cm³/mol. The molecule has 5 nitrogen and oxygen atoms in total. The highest BCUT2D eigenvalue weighted by Gasteiger charge is 2.34. The van der Waals surface area contributed by atoms with Crippen LogP contribution in [0.15, 0.2) is 18.2 Å². The maximum absolute atomic E-state index is 11.2. The molecular weight excluding hydrogens is 314 g/mol. The molecule has 0 aromatic heterocycles. The summed E-state index contributed by atoms with van der Waals surface area (Å²) in [7, 11) is 0. The minimum Gasteiger partial charge on any atom is -0.508 e. The number of benzene rings is 1. The van der Waals surface area contributed by atoms with Crippen molar-refractivity contribution < 1.29 is 9.90 Å². The number of aromatic hydroxyl groups is 1. The van der Waals surface area contributed by atoms with Crippen LogP contribution in [0.25, 0.3) is 0 Å². The molecule has 2 heterocycles. The van der Waals surface area contributed by atoms with Gasteiger partial charge in [-0.25, -0.2) is 0 Å². The SMILES string of the molecule is CC(C)[C@@H](CN1CCCCC1)N1Cc2cc(O)ccc2C[C@@H]1NC=O. The van der Waals surface area contributed by atoms with Crippen LogP contribution >= 0.6 is 0 Å². The molecule has 1 aromatic carbocycles. The lowest BCUT2D eigenvalue weighted by atomic mass is 9.92. The number of carbonyl (C=O) groups is 1. The molecule has 2 aliphatic rings. The molecule has 0 unspecified atom stereocenters. The van der Waals surface area contributed by atoms with Crippen molar-refractivity contribution in [2.75, 3.05) is 19.6 Å². The van der Waals surface area contributed by atoms with E-state index in [4.69, 9.17) is 0 Å². The minimum atomic E-state index is 0.0201. The number of piperidine rings is 1. The standard InChI is InChI=1S/C20H31N3O2/c1-15(2)19(13-22-8-4-3-5-9-22)23-12-17-10-18(25)7-6-16(17)11-20(23)21-14-24/h6-7,10,14-15,19-20,25H,3-5,8-9,11-13H2,1-2H3,(H,21,24)/t19-,20-/m1/s1. The van der Waals surface area contributed by atoms with E-state index in [-0.39, 0.29) is 6.17 Å². The number of phenols is 1. The van der Waals surface area contributed by atoms with Gasteiger partial charge in [0.1, 0.15) is 5.75 Å². The second kappa shape index (κ2) is 8.19. The molecule has 0 saturated carbocycles. The number of likely N-dealkylation sites (tertiary alicyclic amines) is 1. The third kappa shape index (κ3) is 4.33. The second-order valence-electron chi connectivity index (χ2n) is 7.80. The number of phenolic OH excluding ortho intramolecular Hbond substituents is 1. The Labute approximate surface area is 151 Å². The molecular formula is C20H31N3O2. The van der Waals surface area contributed by atoms with E-state index in [1.165, 1.54) is 43.5 Å². The van der Waals surface area contributed by atoms with Gasteiger partial charge in [-0.3, -0.25) is 9.69 Å². The van der Waals surface area contributed by atoms with E-state index in [0.29, 0.717) is 17.7 Å². The molecule has 1 amide bonds. The van der Waals surface area contributed by atoms with Crippen molar-refractivity contribution in [3.05, 3.63) is 29.3 Å². The summed E-state index contributed by atoms with van der Waals surface area (Å²) in [6.45, 7) is 8.71. The monoisotopic (exact) mass is 345 g/mol. The number of nitrogens with one attached hydrogen (secondary N) is 1. The first-order chi connectivity index (χ1) is 12.1. The Morgan fingerprint density at radius 2 is 2.00 bits per heavy atom. The predicted octanol–water partition coefficient (Wildman–Crippen LogP) is 2.33. The van der Waals surface area contributed by atoms with Crippen LogP contribution in [0, 0.1) is 5.92 Å². The first-order valence-corrected chi connectivity index (χ1v) is 9.57. The molecule has 0 radical (unpaired) electrons. The maximum Gasteiger partial charge on any atom is 0.208 e. The molecule has 2 aliphatic heterocycles. The average Bonchev–Trinajstić information content (AvgIpc) is 2.60. The number of hydrogen-bond donors (Lipinski definition) is 2. The molecule has 2 N–H and O–H groups in total. The van der Waals surface area contributed by atoms with Gasteiger partial charge in [0.25, 0.3) is 0 Å². The van der Waals surface area contributed by atoms with E-state index in [0.717, 1.165) is 25.9 Å². The number of carbonyl (C=O) groups excluding carboxylic acids is 1. The fourth-order valence-corrected chi connectivity index (χ4v) is 4.28. The molecule has 0 aliphatic carbocycles. The van der Waals surface area contributed by atoms with Crippen LogP contribution in [-0.4, -0.2) is 53.2 Å². The van der Waals surface area contributed by atoms with Crippen LogP contribution in [-0.2, 0) is 17.8 Å². The van der Waals surface area contributed by atoms with E-state index < -0.39 is 0 Å². The Hall–Kier alpha value is -1.59. The van der Waals surface area contributed by atoms with Crippen molar-refractivity contribution in [2.24, 2.45) is 5.92 Å². The Bertz CT molecular complexity index is 584. The summed E-state index contributed by atoms with van der Waals surface area (Å²) in [5.74, 6) is 0.814. The Balaban J connectivity index is 1.82. The quantitative estimate of drug-likeness (QED) is 0.777. The van der Waals surface area contributed by atoms with Crippen molar-refractivity contribution in [2.45, 2.75) is 58.3 Å². The lowest BCUT2D eigenvalue weighted by Crippen LogP contribution is -2.58. The summed E-state index contributed by atoms with van der Waals surface area (Å²) in [5.41, 5.74) is 2.39. The van der Waals surface area contributed by atoms with Crippen molar-refractivity contribution in [3.8, 4) is 5.75 Å². The molecule has 1 fully saturated rings. The van der Waals surface area contributed by atoms with Gasteiger partial charge < -0.3 is 15.3 Å². The number of hydrogen-bond acceptors (Lipinski definition) is 4. The fraction of sp³-hybridized carbons (Fsp3) is 0.650. The van der Waals surface area contributed by atoms with Crippen molar-refractivity contribution in [1.82, 2.24) is 15.1 Å². The maximum atomic E-state index is 11.2. The molecule has 2 atom stereocenters. The minimum absolute atomic E-state index is 0.0201. The van der Waals surface area contributed by atoms with Crippen molar-refractivity contribution >= 4 is 6.41 Å². The summed E-state index contributed by atoms with van der Waals surface area (Å²) >= 11 is 0. The smallest absolute Gasteiger partial charge is 0.208 e. The largest absolute Gasteiger partial charge is 0.508 e. The van der Waals surface area contributed by atoms with Gasteiger partial charge in [-0.1, -0.05) is 26.3 Å². The first-order valence-electron chi connectivity index (χ1n) is 9.57. The molecule has 1 saturated heterocycles. The molecule has 138 valence electrons. The van der Waals surface area contributed by atoms with Crippen LogP contribution in [0.4, 0.5) is 0 Å². The Morgan fingerprint density at radius 1 is 1.24 bits per heavy atom. The summed E-state index contributed by atoms with van der Waals surface area (Å²) in [6, 6.07) is 5.97. The second-order valence-corrected chi connectivity index (χ2v) is 7.80. The van der Waals surface area contributed by atoms with E-state index in [9.17, 15) is 9.90 Å². The lowest BCUT2D eigenvalue weighted by molar-refractivity contribution is -0.112. The van der Waals surface area contributed by atoms with E-state index in [1.807, 2.05) is 12.1 Å². The molecule has 1 aromatic rings. The van der Waals surface area contributed by atoms with E-state index >= 15 is 0 Å². The van der Waals surface area contributed by atoms with Crippen LogP contribution < -0.4 is 5.32 Å². The topological polar surface area (TPSA) is 55.8 Å². The van der Waals surface area contributed by atoms with Crippen LogP contribution in [0.5, 0.6) is 5.75 Å². The number of nitrogens with zero attached hydrogens (tertiary/aromatic N) is 2. The van der Waals surface area contributed by atoms with Gasteiger partial charge in [-0.15, -0.1) is 0 Å². The molecule has 5 heteroatoms.